The largest absolute Gasteiger partial charge is 0.401 e. The van der Waals surface area contributed by atoms with Crippen molar-refractivity contribution >= 4 is 11.9 Å². The molecule has 0 amide bonds. The standard InChI is InChI=1S/C14H19N3/c1-11(2)17-9-12(14(15)10-17)8-16-13-6-4-3-5-7-13/h3-8,11H,9-10,15H2,1-2H3. The Kier molecular flexibility index (Phi) is 3.59. The molecule has 1 aliphatic heterocycles. The summed E-state index contributed by atoms with van der Waals surface area (Å²) in [4.78, 5) is 6.78. The molecule has 0 radical (unpaired) electrons. The van der Waals surface area contributed by atoms with E-state index in [4.69, 9.17) is 5.73 Å². The predicted octanol–water partition coefficient (Wildman–Crippen LogP) is 2.33. The van der Waals surface area contributed by atoms with Gasteiger partial charge in [-0.05, 0) is 26.0 Å². The number of para-hydroxylation sites is 1. The maximum Gasteiger partial charge on any atom is 0.0629 e. The number of nitrogens with two attached hydrogens (primary N) is 1. The molecule has 1 aromatic carbocycles. The lowest BCUT2D eigenvalue weighted by atomic mass is 10.2. The first-order valence-corrected chi connectivity index (χ1v) is 5.97. The molecule has 1 heterocycles. The minimum Gasteiger partial charge on any atom is -0.401 e. The highest BCUT2D eigenvalue weighted by Crippen LogP contribution is 2.16. The van der Waals surface area contributed by atoms with Crippen LogP contribution in [0.1, 0.15) is 13.8 Å². The molecule has 0 saturated heterocycles. The Hall–Kier alpha value is -1.61. The Morgan fingerprint density at radius 1 is 1.24 bits per heavy atom. The minimum absolute atomic E-state index is 0.524. The monoisotopic (exact) mass is 229 g/mol. The number of hydrogen-bond acceptors (Lipinski definition) is 3. The van der Waals surface area contributed by atoms with Crippen LogP contribution in [0.2, 0.25) is 0 Å². The Morgan fingerprint density at radius 2 is 1.94 bits per heavy atom. The van der Waals surface area contributed by atoms with Gasteiger partial charge >= 0.3 is 0 Å². The molecule has 2 rings (SSSR count). The smallest absolute Gasteiger partial charge is 0.0629 e. The topological polar surface area (TPSA) is 41.6 Å². The maximum absolute atomic E-state index is 6.02. The van der Waals surface area contributed by atoms with Gasteiger partial charge in [-0.1, -0.05) is 18.2 Å². The first kappa shape index (κ1) is 11.9. The number of benzene rings is 1. The van der Waals surface area contributed by atoms with E-state index >= 15 is 0 Å². The van der Waals surface area contributed by atoms with Gasteiger partial charge in [0.1, 0.15) is 0 Å². The zero-order chi connectivity index (χ0) is 12.3. The van der Waals surface area contributed by atoms with Crippen LogP contribution in [-0.4, -0.2) is 30.2 Å². The van der Waals surface area contributed by atoms with Gasteiger partial charge in [-0.15, -0.1) is 0 Å². The van der Waals surface area contributed by atoms with Crippen molar-refractivity contribution in [1.82, 2.24) is 4.90 Å². The van der Waals surface area contributed by atoms with Crippen LogP contribution < -0.4 is 5.73 Å². The molecule has 0 fully saturated rings. The van der Waals surface area contributed by atoms with Gasteiger partial charge in [-0.3, -0.25) is 9.89 Å². The molecule has 17 heavy (non-hydrogen) atoms. The normalized spacial score (nSPS) is 17.6. The number of nitrogens with zero attached hydrogens (tertiary/aromatic N) is 2. The fraction of sp³-hybridized carbons (Fsp3) is 0.357. The molecule has 0 bridgehead atoms. The van der Waals surface area contributed by atoms with E-state index in [2.05, 4.69) is 23.7 Å². The molecule has 2 N–H and O–H groups in total. The lowest BCUT2D eigenvalue weighted by Gasteiger charge is -2.19. The van der Waals surface area contributed by atoms with Crippen molar-refractivity contribution in [2.75, 3.05) is 13.1 Å². The van der Waals surface area contributed by atoms with E-state index in [1.165, 1.54) is 0 Å². The number of rotatable bonds is 3. The molecular formula is C14H19N3. The van der Waals surface area contributed by atoms with Crippen LogP contribution >= 0.6 is 0 Å². The zero-order valence-electron chi connectivity index (χ0n) is 10.4. The second-order valence-electron chi connectivity index (χ2n) is 4.64. The van der Waals surface area contributed by atoms with Crippen LogP contribution in [0.5, 0.6) is 0 Å². The van der Waals surface area contributed by atoms with Crippen molar-refractivity contribution in [3.63, 3.8) is 0 Å². The van der Waals surface area contributed by atoms with Crippen molar-refractivity contribution in [3.8, 4) is 0 Å². The summed E-state index contributed by atoms with van der Waals surface area (Å²) in [5.74, 6) is 0. The predicted molar refractivity (Wildman–Crippen MR) is 72.5 cm³/mol. The Balaban J connectivity index is 2.05. The fourth-order valence-corrected chi connectivity index (χ4v) is 1.85. The molecule has 3 heteroatoms. The summed E-state index contributed by atoms with van der Waals surface area (Å²) < 4.78 is 0. The van der Waals surface area contributed by atoms with E-state index < -0.39 is 0 Å². The average Bonchev–Trinajstić information content (AvgIpc) is 2.70. The first-order valence-electron chi connectivity index (χ1n) is 5.97. The number of hydrogen-bond donors (Lipinski definition) is 1. The third-order valence-electron chi connectivity index (χ3n) is 3.02. The molecule has 3 nitrogen and oxygen atoms in total. The molecular weight excluding hydrogens is 210 g/mol. The molecule has 0 saturated carbocycles. The fourth-order valence-electron chi connectivity index (χ4n) is 1.85. The Bertz CT molecular complexity index is 432. The van der Waals surface area contributed by atoms with Crippen molar-refractivity contribution in [3.05, 3.63) is 41.6 Å². The molecule has 0 atom stereocenters. The molecule has 1 aliphatic rings. The summed E-state index contributed by atoms with van der Waals surface area (Å²) in [6.45, 7) is 6.13. The van der Waals surface area contributed by atoms with Crippen LogP contribution in [0, 0.1) is 0 Å². The van der Waals surface area contributed by atoms with Crippen molar-refractivity contribution in [2.45, 2.75) is 19.9 Å². The summed E-state index contributed by atoms with van der Waals surface area (Å²) in [7, 11) is 0. The van der Waals surface area contributed by atoms with Gasteiger partial charge in [0, 0.05) is 36.6 Å². The van der Waals surface area contributed by atoms with Gasteiger partial charge in [-0.2, -0.15) is 0 Å². The second-order valence-corrected chi connectivity index (χ2v) is 4.64. The van der Waals surface area contributed by atoms with Crippen molar-refractivity contribution in [1.29, 1.82) is 0 Å². The summed E-state index contributed by atoms with van der Waals surface area (Å²) in [6, 6.07) is 10.5. The van der Waals surface area contributed by atoms with E-state index in [9.17, 15) is 0 Å². The lowest BCUT2D eigenvalue weighted by molar-refractivity contribution is 0.282. The molecule has 0 aromatic heterocycles. The van der Waals surface area contributed by atoms with Gasteiger partial charge < -0.3 is 5.73 Å². The van der Waals surface area contributed by atoms with Gasteiger partial charge in [0.15, 0.2) is 0 Å². The van der Waals surface area contributed by atoms with E-state index in [0.717, 1.165) is 30.0 Å². The van der Waals surface area contributed by atoms with Gasteiger partial charge in [0.25, 0.3) is 0 Å². The van der Waals surface area contributed by atoms with E-state index in [0.29, 0.717) is 6.04 Å². The van der Waals surface area contributed by atoms with Crippen LogP contribution in [0.25, 0.3) is 0 Å². The number of aliphatic imine (C=N–C) groups is 1. The highest BCUT2D eigenvalue weighted by atomic mass is 15.2. The van der Waals surface area contributed by atoms with Crippen LogP contribution in [0.4, 0.5) is 5.69 Å². The molecule has 0 unspecified atom stereocenters. The molecule has 1 aromatic rings. The average molecular weight is 229 g/mol. The summed E-state index contributed by atoms with van der Waals surface area (Å²) >= 11 is 0. The second kappa shape index (κ2) is 5.15. The summed E-state index contributed by atoms with van der Waals surface area (Å²) in [5.41, 5.74) is 9.07. The minimum atomic E-state index is 0.524. The van der Waals surface area contributed by atoms with Crippen LogP contribution in [0.3, 0.4) is 0 Å². The highest BCUT2D eigenvalue weighted by molar-refractivity contribution is 5.83. The Labute approximate surface area is 103 Å². The van der Waals surface area contributed by atoms with E-state index in [-0.39, 0.29) is 0 Å². The SMILES string of the molecule is CC(C)N1CC(N)=C(C=Nc2ccccc2)C1. The van der Waals surface area contributed by atoms with Gasteiger partial charge in [-0.25, -0.2) is 0 Å². The highest BCUT2D eigenvalue weighted by Gasteiger charge is 2.20. The summed E-state index contributed by atoms with van der Waals surface area (Å²) in [5, 5.41) is 0. The van der Waals surface area contributed by atoms with E-state index in [1.54, 1.807) is 0 Å². The van der Waals surface area contributed by atoms with E-state index in [1.807, 2.05) is 36.5 Å². The zero-order valence-corrected chi connectivity index (χ0v) is 10.4. The molecule has 0 spiro atoms. The molecule has 90 valence electrons. The molecule has 0 aliphatic carbocycles. The quantitative estimate of drug-likeness (QED) is 0.808. The third kappa shape index (κ3) is 2.94. The maximum atomic E-state index is 6.02. The lowest BCUT2D eigenvalue weighted by Crippen LogP contribution is -2.29. The van der Waals surface area contributed by atoms with Crippen LogP contribution in [0.15, 0.2) is 46.6 Å². The van der Waals surface area contributed by atoms with Crippen LogP contribution in [-0.2, 0) is 0 Å². The van der Waals surface area contributed by atoms with Crippen molar-refractivity contribution in [2.24, 2.45) is 10.7 Å². The van der Waals surface area contributed by atoms with Crippen molar-refractivity contribution < 1.29 is 0 Å². The van der Waals surface area contributed by atoms with Gasteiger partial charge in [0.2, 0.25) is 0 Å². The first-order chi connectivity index (χ1) is 8.16. The summed E-state index contributed by atoms with van der Waals surface area (Å²) in [6.07, 6.45) is 1.90. The third-order valence-corrected chi connectivity index (χ3v) is 3.02. The van der Waals surface area contributed by atoms with Gasteiger partial charge in [0.05, 0.1) is 5.69 Å². The Morgan fingerprint density at radius 3 is 2.53 bits per heavy atom.